The van der Waals surface area contributed by atoms with E-state index >= 15 is 0 Å². The van der Waals surface area contributed by atoms with Crippen molar-refractivity contribution in [2.45, 2.75) is 32.7 Å². The Morgan fingerprint density at radius 3 is 2.57 bits per heavy atom. The van der Waals surface area contributed by atoms with Crippen molar-refractivity contribution in [2.24, 2.45) is 0 Å². The van der Waals surface area contributed by atoms with E-state index in [0.29, 0.717) is 24.8 Å². The molecule has 1 heterocycles. The first-order chi connectivity index (χ1) is 11.1. The summed E-state index contributed by atoms with van der Waals surface area (Å²) in [6.07, 6.45) is 4.62. The molecule has 2 aromatic rings. The minimum absolute atomic E-state index is 0.265. The van der Waals surface area contributed by atoms with Crippen LogP contribution in [0.5, 0.6) is 0 Å². The monoisotopic (exact) mass is 316 g/mol. The van der Waals surface area contributed by atoms with Gasteiger partial charge in [-0.15, -0.1) is 0 Å². The van der Waals surface area contributed by atoms with Gasteiger partial charge < -0.3 is 10.6 Å². The van der Waals surface area contributed by atoms with Gasteiger partial charge in [-0.25, -0.2) is 14.4 Å². The average molecular weight is 316 g/mol. The number of hydrogen-bond acceptors (Lipinski definition) is 4. The molecule has 0 bridgehead atoms. The highest BCUT2D eigenvalue weighted by atomic mass is 19.1. The highest BCUT2D eigenvalue weighted by Gasteiger charge is 2.08. The summed E-state index contributed by atoms with van der Waals surface area (Å²) in [5, 5.41) is 5.97. The lowest BCUT2D eigenvalue weighted by Gasteiger charge is -2.11. The van der Waals surface area contributed by atoms with Gasteiger partial charge in [0.2, 0.25) is 0 Å². The summed E-state index contributed by atoms with van der Waals surface area (Å²) < 4.78 is 12.8. The van der Waals surface area contributed by atoms with E-state index in [1.807, 2.05) is 0 Å². The van der Waals surface area contributed by atoms with Gasteiger partial charge in [0.05, 0.1) is 12.4 Å². The van der Waals surface area contributed by atoms with Crippen molar-refractivity contribution in [2.75, 3.05) is 11.9 Å². The van der Waals surface area contributed by atoms with Crippen LogP contribution in [0, 0.1) is 5.82 Å². The molecule has 1 aromatic carbocycles. The SMILES string of the molecule is CCC(C)Nc1cnc(C(=O)NCCc2ccc(F)cc2)cn1. The van der Waals surface area contributed by atoms with Crippen LogP contribution in [0.25, 0.3) is 0 Å². The lowest BCUT2D eigenvalue weighted by atomic mass is 10.1. The molecule has 0 aliphatic carbocycles. The van der Waals surface area contributed by atoms with Crippen molar-refractivity contribution in [1.29, 1.82) is 0 Å². The number of amides is 1. The summed E-state index contributed by atoms with van der Waals surface area (Å²) >= 11 is 0. The Kier molecular flexibility index (Phi) is 6.02. The molecule has 1 atom stereocenters. The number of halogens is 1. The number of nitrogens with one attached hydrogen (secondary N) is 2. The minimum atomic E-state index is -0.269. The van der Waals surface area contributed by atoms with E-state index in [1.54, 1.807) is 18.3 Å². The van der Waals surface area contributed by atoms with Gasteiger partial charge in [0.15, 0.2) is 0 Å². The normalized spacial score (nSPS) is 11.8. The van der Waals surface area contributed by atoms with Crippen molar-refractivity contribution < 1.29 is 9.18 Å². The van der Waals surface area contributed by atoms with E-state index in [-0.39, 0.29) is 17.4 Å². The topological polar surface area (TPSA) is 66.9 Å². The standard InChI is InChI=1S/C17H21FN4O/c1-3-12(2)22-16-11-20-15(10-21-16)17(23)19-9-8-13-4-6-14(18)7-5-13/h4-7,10-12H,3,8-9H2,1-2H3,(H,19,23)(H,21,22). The Labute approximate surface area is 135 Å². The van der Waals surface area contributed by atoms with E-state index in [4.69, 9.17) is 0 Å². The number of hydrogen-bond donors (Lipinski definition) is 2. The molecule has 1 unspecified atom stereocenters. The molecule has 2 N–H and O–H groups in total. The fourth-order valence-electron chi connectivity index (χ4n) is 1.94. The van der Waals surface area contributed by atoms with Crippen molar-refractivity contribution in [3.8, 4) is 0 Å². The van der Waals surface area contributed by atoms with Crippen LogP contribution in [0.3, 0.4) is 0 Å². The molecule has 6 heteroatoms. The maximum absolute atomic E-state index is 12.8. The molecule has 0 saturated carbocycles. The fraction of sp³-hybridized carbons (Fsp3) is 0.353. The van der Waals surface area contributed by atoms with Crippen molar-refractivity contribution >= 4 is 11.7 Å². The Morgan fingerprint density at radius 1 is 1.22 bits per heavy atom. The number of rotatable bonds is 7. The Hall–Kier alpha value is -2.50. The number of carbonyl (C=O) groups excluding carboxylic acids is 1. The van der Waals surface area contributed by atoms with E-state index in [2.05, 4.69) is 34.4 Å². The molecule has 0 radical (unpaired) electrons. The highest BCUT2D eigenvalue weighted by Crippen LogP contribution is 2.05. The van der Waals surface area contributed by atoms with Crippen molar-refractivity contribution in [3.05, 3.63) is 53.7 Å². The second-order valence-electron chi connectivity index (χ2n) is 5.37. The summed E-state index contributed by atoms with van der Waals surface area (Å²) in [5.41, 5.74) is 1.24. The summed E-state index contributed by atoms with van der Waals surface area (Å²) in [6, 6.07) is 6.53. The largest absolute Gasteiger partial charge is 0.366 e. The first kappa shape index (κ1) is 16.9. The number of anilines is 1. The first-order valence-electron chi connectivity index (χ1n) is 7.69. The number of nitrogens with zero attached hydrogens (tertiary/aromatic N) is 2. The van der Waals surface area contributed by atoms with Gasteiger partial charge in [-0.2, -0.15) is 0 Å². The number of carbonyl (C=O) groups is 1. The molecule has 0 aliphatic heterocycles. The zero-order chi connectivity index (χ0) is 16.7. The van der Waals surface area contributed by atoms with Crippen LogP contribution in [0.1, 0.15) is 36.3 Å². The van der Waals surface area contributed by atoms with Crippen LogP contribution in [-0.4, -0.2) is 28.5 Å². The van der Waals surface area contributed by atoms with Crippen LogP contribution in [-0.2, 0) is 6.42 Å². The zero-order valence-electron chi connectivity index (χ0n) is 13.3. The molecular weight excluding hydrogens is 295 g/mol. The van der Waals surface area contributed by atoms with E-state index < -0.39 is 0 Å². The number of aromatic nitrogens is 2. The summed E-state index contributed by atoms with van der Waals surface area (Å²) in [5.74, 6) is 0.121. The Morgan fingerprint density at radius 2 is 1.96 bits per heavy atom. The smallest absolute Gasteiger partial charge is 0.271 e. The average Bonchev–Trinajstić information content (AvgIpc) is 2.57. The van der Waals surface area contributed by atoms with E-state index in [1.165, 1.54) is 18.3 Å². The third-order valence-corrected chi connectivity index (χ3v) is 3.50. The third kappa shape index (κ3) is 5.32. The van der Waals surface area contributed by atoms with E-state index in [9.17, 15) is 9.18 Å². The molecule has 0 spiro atoms. The molecule has 122 valence electrons. The fourth-order valence-corrected chi connectivity index (χ4v) is 1.94. The van der Waals surface area contributed by atoms with E-state index in [0.717, 1.165) is 12.0 Å². The molecule has 1 aromatic heterocycles. The maximum atomic E-state index is 12.8. The first-order valence-corrected chi connectivity index (χ1v) is 7.69. The predicted octanol–water partition coefficient (Wildman–Crippen LogP) is 2.80. The quantitative estimate of drug-likeness (QED) is 0.824. The molecule has 23 heavy (non-hydrogen) atoms. The van der Waals surface area contributed by atoms with Crippen molar-refractivity contribution in [3.63, 3.8) is 0 Å². The van der Waals surface area contributed by atoms with Crippen LogP contribution in [0.4, 0.5) is 10.2 Å². The summed E-state index contributed by atoms with van der Waals surface area (Å²) in [4.78, 5) is 20.3. The lowest BCUT2D eigenvalue weighted by Crippen LogP contribution is -2.26. The molecule has 1 amide bonds. The summed E-state index contributed by atoms with van der Waals surface area (Å²) in [6.45, 7) is 4.59. The van der Waals surface area contributed by atoms with Crippen LogP contribution < -0.4 is 10.6 Å². The summed E-state index contributed by atoms with van der Waals surface area (Å²) in [7, 11) is 0. The van der Waals surface area contributed by atoms with Crippen molar-refractivity contribution in [1.82, 2.24) is 15.3 Å². The Balaban J connectivity index is 1.82. The van der Waals surface area contributed by atoms with Gasteiger partial charge >= 0.3 is 0 Å². The van der Waals surface area contributed by atoms with Gasteiger partial charge in [0, 0.05) is 12.6 Å². The second-order valence-corrected chi connectivity index (χ2v) is 5.37. The van der Waals surface area contributed by atoms with Gasteiger partial charge in [-0.05, 0) is 37.5 Å². The molecule has 5 nitrogen and oxygen atoms in total. The van der Waals surface area contributed by atoms with Gasteiger partial charge in [-0.3, -0.25) is 4.79 Å². The van der Waals surface area contributed by atoms with Gasteiger partial charge in [0.1, 0.15) is 17.3 Å². The van der Waals surface area contributed by atoms with Crippen LogP contribution in [0.15, 0.2) is 36.7 Å². The number of benzene rings is 1. The van der Waals surface area contributed by atoms with Crippen LogP contribution >= 0.6 is 0 Å². The molecule has 0 saturated heterocycles. The van der Waals surface area contributed by atoms with Crippen LogP contribution in [0.2, 0.25) is 0 Å². The molecule has 0 fully saturated rings. The maximum Gasteiger partial charge on any atom is 0.271 e. The van der Waals surface area contributed by atoms with Gasteiger partial charge in [-0.1, -0.05) is 19.1 Å². The predicted molar refractivity (Wildman–Crippen MR) is 87.8 cm³/mol. The molecule has 2 rings (SSSR count). The second kappa shape index (κ2) is 8.22. The molecular formula is C17H21FN4O. The molecule has 0 aliphatic rings. The lowest BCUT2D eigenvalue weighted by molar-refractivity contribution is 0.0949. The third-order valence-electron chi connectivity index (χ3n) is 3.50. The van der Waals surface area contributed by atoms with Gasteiger partial charge in [0.25, 0.3) is 5.91 Å². The Bertz CT molecular complexity index is 628. The minimum Gasteiger partial charge on any atom is -0.366 e. The zero-order valence-corrected chi connectivity index (χ0v) is 13.3. The highest BCUT2D eigenvalue weighted by molar-refractivity contribution is 5.91.